The third kappa shape index (κ3) is 1.94. The van der Waals surface area contributed by atoms with Crippen LogP contribution in [0.2, 0.25) is 0 Å². The molecule has 0 bridgehead atoms. The van der Waals surface area contributed by atoms with Gasteiger partial charge in [0.25, 0.3) is 0 Å². The second-order valence-corrected chi connectivity index (χ2v) is 7.98. The second kappa shape index (κ2) is 4.03. The smallest absolute Gasteiger partial charge is 0.325 e. The highest BCUT2D eigenvalue weighted by Crippen LogP contribution is 2.54. The fraction of sp³-hybridized carbons (Fsp3) is 0.462. The minimum atomic E-state index is -4.24. The maximum Gasteiger partial charge on any atom is 0.325 e. The highest BCUT2D eigenvalue weighted by Gasteiger charge is 2.63. The molecule has 0 saturated heterocycles. The van der Waals surface area contributed by atoms with Crippen molar-refractivity contribution in [1.82, 2.24) is 0 Å². The van der Waals surface area contributed by atoms with Gasteiger partial charge in [0.2, 0.25) is 0 Å². The topological polar surface area (TPSA) is 71.4 Å². The number of halogens is 1. The molecule has 2 rings (SSSR count). The van der Waals surface area contributed by atoms with E-state index in [1.54, 1.807) is 13.8 Å². The number of hydrogen-bond donors (Lipinski definition) is 1. The van der Waals surface area contributed by atoms with Crippen molar-refractivity contribution >= 4 is 15.8 Å². The van der Waals surface area contributed by atoms with Gasteiger partial charge < -0.3 is 5.11 Å². The summed E-state index contributed by atoms with van der Waals surface area (Å²) >= 11 is 0. The third-order valence-electron chi connectivity index (χ3n) is 3.56. The van der Waals surface area contributed by atoms with Crippen LogP contribution in [0, 0.1) is 11.2 Å². The summed E-state index contributed by atoms with van der Waals surface area (Å²) in [5.41, 5.74) is -0.364. The Morgan fingerprint density at radius 2 is 1.79 bits per heavy atom. The number of aliphatic carboxylic acids is 1. The van der Waals surface area contributed by atoms with Gasteiger partial charge in [-0.15, -0.1) is 0 Å². The Labute approximate surface area is 111 Å². The standard InChI is InChI=1S/C13H15FO4S/c1-12(2)7-13(8-12,11(15)16)19(17,18)10-6-4-3-5-9(10)14/h3-6H,7-8H2,1-2H3,(H,15,16). The fourth-order valence-corrected chi connectivity index (χ4v) is 5.22. The van der Waals surface area contributed by atoms with Gasteiger partial charge in [0.05, 0.1) is 0 Å². The lowest BCUT2D eigenvalue weighted by atomic mass is 9.64. The molecule has 0 radical (unpaired) electrons. The van der Waals surface area contributed by atoms with Crippen LogP contribution in [-0.2, 0) is 14.6 Å². The third-order valence-corrected chi connectivity index (χ3v) is 5.96. The normalized spacial score (nSPS) is 20.6. The first kappa shape index (κ1) is 14.0. The van der Waals surface area contributed by atoms with Crippen LogP contribution < -0.4 is 0 Å². The molecule has 0 amide bonds. The van der Waals surface area contributed by atoms with E-state index in [0.717, 1.165) is 12.1 Å². The molecular weight excluding hydrogens is 271 g/mol. The van der Waals surface area contributed by atoms with Gasteiger partial charge in [-0.2, -0.15) is 0 Å². The molecule has 1 aliphatic carbocycles. The zero-order valence-electron chi connectivity index (χ0n) is 10.7. The molecule has 1 N–H and O–H groups in total. The quantitative estimate of drug-likeness (QED) is 0.925. The predicted molar refractivity (Wildman–Crippen MR) is 67.0 cm³/mol. The van der Waals surface area contributed by atoms with Gasteiger partial charge in [-0.25, -0.2) is 12.8 Å². The van der Waals surface area contributed by atoms with E-state index in [2.05, 4.69) is 0 Å². The van der Waals surface area contributed by atoms with E-state index in [9.17, 15) is 22.7 Å². The molecule has 1 aromatic rings. The summed E-state index contributed by atoms with van der Waals surface area (Å²) in [7, 11) is -4.24. The summed E-state index contributed by atoms with van der Waals surface area (Å²) < 4.78 is 36.7. The summed E-state index contributed by atoms with van der Waals surface area (Å²) in [5, 5.41) is 9.30. The van der Waals surface area contributed by atoms with E-state index >= 15 is 0 Å². The highest BCUT2D eigenvalue weighted by molar-refractivity contribution is 7.93. The fourth-order valence-electron chi connectivity index (χ4n) is 2.82. The second-order valence-electron chi connectivity index (χ2n) is 5.75. The maximum absolute atomic E-state index is 13.7. The summed E-state index contributed by atoms with van der Waals surface area (Å²) in [5.74, 6) is -2.32. The number of benzene rings is 1. The molecule has 0 aromatic heterocycles. The first-order valence-corrected chi connectivity index (χ1v) is 7.33. The number of rotatable bonds is 3. The Bertz CT molecular complexity index is 626. The van der Waals surface area contributed by atoms with Crippen LogP contribution in [0.15, 0.2) is 29.2 Å². The SMILES string of the molecule is CC1(C)CC(C(=O)O)(S(=O)(=O)c2ccccc2F)C1. The lowest BCUT2D eigenvalue weighted by molar-refractivity contribution is -0.146. The minimum absolute atomic E-state index is 0.00794. The maximum atomic E-state index is 13.7. The average Bonchev–Trinajstić information content (AvgIpc) is 2.25. The zero-order chi connectivity index (χ0) is 14.5. The van der Waals surface area contributed by atoms with Crippen molar-refractivity contribution in [3.8, 4) is 0 Å². The van der Waals surface area contributed by atoms with Gasteiger partial charge in [-0.05, 0) is 30.4 Å². The van der Waals surface area contributed by atoms with Crippen LogP contribution in [0.4, 0.5) is 4.39 Å². The van der Waals surface area contributed by atoms with Crippen LogP contribution in [0.25, 0.3) is 0 Å². The molecule has 1 aliphatic rings. The number of hydrogen-bond acceptors (Lipinski definition) is 3. The summed E-state index contributed by atoms with van der Waals surface area (Å²) in [4.78, 5) is 10.9. The van der Waals surface area contributed by atoms with Gasteiger partial charge in [0, 0.05) is 0 Å². The van der Waals surface area contributed by atoms with Crippen molar-refractivity contribution < 1.29 is 22.7 Å². The first-order valence-electron chi connectivity index (χ1n) is 5.85. The van der Waals surface area contributed by atoms with Crippen LogP contribution >= 0.6 is 0 Å². The molecule has 0 spiro atoms. The Hall–Kier alpha value is -1.43. The van der Waals surface area contributed by atoms with E-state index in [1.165, 1.54) is 12.1 Å². The van der Waals surface area contributed by atoms with E-state index in [0.29, 0.717) is 0 Å². The monoisotopic (exact) mass is 286 g/mol. The molecule has 1 aromatic carbocycles. The summed E-state index contributed by atoms with van der Waals surface area (Å²) in [6.07, 6.45) is -0.0159. The van der Waals surface area contributed by atoms with Crippen LogP contribution in [0.5, 0.6) is 0 Å². The molecule has 4 nitrogen and oxygen atoms in total. The lowest BCUT2D eigenvalue weighted by Gasteiger charge is -2.49. The minimum Gasteiger partial charge on any atom is -0.480 e. The molecule has 6 heteroatoms. The molecule has 104 valence electrons. The van der Waals surface area contributed by atoms with Crippen molar-refractivity contribution in [1.29, 1.82) is 0 Å². The molecule has 0 atom stereocenters. The van der Waals surface area contributed by atoms with E-state index in [4.69, 9.17) is 0 Å². The lowest BCUT2D eigenvalue weighted by Crippen LogP contribution is -2.59. The number of carboxylic acid groups (broad SMARTS) is 1. The first-order chi connectivity index (χ1) is 8.62. The Morgan fingerprint density at radius 1 is 1.26 bits per heavy atom. The number of carboxylic acids is 1. The van der Waals surface area contributed by atoms with Crippen molar-refractivity contribution in [3.05, 3.63) is 30.1 Å². The van der Waals surface area contributed by atoms with Gasteiger partial charge >= 0.3 is 5.97 Å². The highest BCUT2D eigenvalue weighted by atomic mass is 32.2. The van der Waals surface area contributed by atoms with Crippen LogP contribution in [0.3, 0.4) is 0 Å². The van der Waals surface area contributed by atoms with E-state index in [1.807, 2.05) is 0 Å². The number of carbonyl (C=O) groups is 1. The molecule has 0 unspecified atom stereocenters. The summed E-state index contributed by atoms with van der Waals surface area (Å²) in [6.45, 7) is 3.59. The molecule has 0 aliphatic heterocycles. The van der Waals surface area contributed by atoms with Crippen molar-refractivity contribution in [3.63, 3.8) is 0 Å². The average molecular weight is 286 g/mol. The molecule has 0 heterocycles. The number of sulfone groups is 1. The van der Waals surface area contributed by atoms with E-state index < -0.39 is 31.3 Å². The Balaban J connectivity index is 2.56. The molecule has 1 fully saturated rings. The molecular formula is C13H15FO4S. The van der Waals surface area contributed by atoms with Gasteiger partial charge in [0.1, 0.15) is 10.7 Å². The Kier molecular flexibility index (Phi) is 2.97. The van der Waals surface area contributed by atoms with Crippen molar-refractivity contribution in [2.75, 3.05) is 0 Å². The largest absolute Gasteiger partial charge is 0.480 e. The Morgan fingerprint density at radius 3 is 2.21 bits per heavy atom. The molecule has 19 heavy (non-hydrogen) atoms. The predicted octanol–water partition coefficient (Wildman–Crippen LogP) is 2.24. The van der Waals surface area contributed by atoms with Gasteiger partial charge in [-0.1, -0.05) is 26.0 Å². The van der Waals surface area contributed by atoms with Crippen molar-refractivity contribution in [2.24, 2.45) is 5.41 Å². The van der Waals surface area contributed by atoms with Gasteiger partial charge in [0.15, 0.2) is 14.6 Å². The zero-order valence-corrected chi connectivity index (χ0v) is 11.5. The van der Waals surface area contributed by atoms with Crippen molar-refractivity contribution in [2.45, 2.75) is 36.3 Å². The summed E-state index contributed by atoms with van der Waals surface area (Å²) in [6, 6.07) is 4.88. The van der Waals surface area contributed by atoms with Crippen LogP contribution in [0.1, 0.15) is 26.7 Å². The van der Waals surface area contributed by atoms with Gasteiger partial charge in [-0.3, -0.25) is 4.79 Å². The van der Waals surface area contributed by atoms with Crippen LogP contribution in [-0.4, -0.2) is 24.2 Å². The van der Waals surface area contributed by atoms with E-state index in [-0.39, 0.29) is 18.3 Å². The molecule has 1 saturated carbocycles.